The number of carboxylic acids is 1. The molecule has 2 atom stereocenters. The maximum atomic E-state index is 14.3. The molecule has 10 heteroatoms. The molecule has 1 aliphatic heterocycles. The van der Waals surface area contributed by atoms with Crippen LogP contribution in [0.3, 0.4) is 0 Å². The smallest absolute Gasteiger partial charge is 0.304 e. The Morgan fingerprint density at radius 2 is 1.93 bits per heavy atom. The number of rotatable bonds is 7. The molecule has 0 fully saturated rings. The van der Waals surface area contributed by atoms with Gasteiger partial charge in [-0.15, -0.1) is 5.10 Å². The second kappa shape index (κ2) is 11.3. The SMILES string of the molecule is CC[C@@H]1CN(Cc2cc(C(CC(=O)O)c3ccc4c(nnn4C)c3C)cc3c2CCC3)S(=O)(=O)c2ccc3ccccc3c2O1. The van der Waals surface area contributed by atoms with Crippen LogP contribution in [0.5, 0.6) is 5.75 Å². The molecule has 0 bridgehead atoms. The standard InChI is InChI=1S/C35H36N4O5S/c1-4-26-20-39(45(42,43)32-15-12-22-8-5-6-10-29(22)35(32)44-26)19-25-17-24(16-23-9-7-11-28(23)25)30(18-33(40)41)27-13-14-31-34(21(27)2)36-37-38(31)3/h5-6,8,10,12-17,26,30H,4,7,9,11,18-20H2,1-3H3,(H,40,41)/t26-,30?/m1/s1. The summed E-state index contributed by atoms with van der Waals surface area (Å²) < 4.78 is 38.4. The Bertz CT molecular complexity index is 2090. The third-order valence-electron chi connectivity index (χ3n) is 9.52. The molecule has 232 valence electrons. The molecule has 0 spiro atoms. The number of fused-ring (bicyclic) bond motifs is 5. The molecule has 0 amide bonds. The molecule has 4 aromatic carbocycles. The van der Waals surface area contributed by atoms with Gasteiger partial charge >= 0.3 is 5.97 Å². The number of benzene rings is 4. The number of nitrogens with zero attached hydrogens (tertiary/aromatic N) is 4. The number of aliphatic carboxylic acids is 1. The van der Waals surface area contributed by atoms with Crippen molar-refractivity contribution < 1.29 is 23.1 Å². The van der Waals surface area contributed by atoms with Crippen molar-refractivity contribution in [2.45, 2.75) is 69.4 Å². The molecule has 0 saturated carbocycles. The highest BCUT2D eigenvalue weighted by Crippen LogP contribution is 2.41. The van der Waals surface area contributed by atoms with Crippen LogP contribution in [-0.2, 0) is 41.3 Å². The first-order valence-corrected chi connectivity index (χ1v) is 16.9. The monoisotopic (exact) mass is 624 g/mol. The number of sulfonamides is 1. The number of ether oxygens (including phenoxy) is 1. The van der Waals surface area contributed by atoms with E-state index in [1.54, 1.807) is 15.1 Å². The highest BCUT2D eigenvalue weighted by atomic mass is 32.2. The third-order valence-corrected chi connectivity index (χ3v) is 11.4. The third kappa shape index (κ3) is 5.06. The zero-order chi connectivity index (χ0) is 31.5. The van der Waals surface area contributed by atoms with Gasteiger partial charge in [0, 0.05) is 24.9 Å². The van der Waals surface area contributed by atoms with Crippen LogP contribution < -0.4 is 4.74 Å². The Labute approximate surface area is 262 Å². The summed E-state index contributed by atoms with van der Waals surface area (Å²) in [6.07, 6.45) is 2.95. The molecule has 2 aliphatic rings. The molecule has 1 N–H and O–H groups in total. The molecule has 7 rings (SSSR count). The fraction of sp³-hybridized carbons (Fsp3) is 0.343. The van der Waals surface area contributed by atoms with Crippen LogP contribution >= 0.6 is 0 Å². The first-order chi connectivity index (χ1) is 21.7. The highest BCUT2D eigenvalue weighted by Gasteiger charge is 2.36. The summed E-state index contributed by atoms with van der Waals surface area (Å²) in [5, 5.41) is 20.3. The first-order valence-electron chi connectivity index (χ1n) is 15.5. The maximum Gasteiger partial charge on any atom is 0.304 e. The largest absolute Gasteiger partial charge is 0.487 e. The van der Waals surface area contributed by atoms with Crippen LogP contribution in [0.25, 0.3) is 21.8 Å². The van der Waals surface area contributed by atoms with Crippen LogP contribution in [0.15, 0.2) is 65.6 Å². The van der Waals surface area contributed by atoms with E-state index in [0.717, 1.165) is 68.9 Å². The van der Waals surface area contributed by atoms with Gasteiger partial charge in [-0.05, 0) is 83.5 Å². The number of carboxylic acid groups (broad SMARTS) is 1. The van der Waals surface area contributed by atoms with Gasteiger partial charge < -0.3 is 9.84 Å². The van der Waals surface area contributed by atoms with Crippen molar-refractivity contribution in [3.63, 3.8) is 0 Å². The molecular weight excluding hydrogens is 588 g/mol. The zero-order valence-electron chi connectivity index (χ0n) is 25.7. The van der Waals surface area contributed by atoms with Gasteiger partial charge in [-0.1, -0.05) is 60.7 Å². The van der Waals surface area contributed by atoms with Crippen LogP contribution in [0, 0.1) is 6.92 Å². The van der Waals surface area contributed by atoms with E-state index in [9.17, 15) is 18.3 Å². The van der Waals surface area contributed by atoms with Crippen molar-refractivity contribution in [3.8, 4) is 5.75 Å². The predicted molar refractivity (Wildman–Crippen MR) is 172 cm³/mol. The maximum absolute atomic E-state index is 14.3. The topological polar surface area (TPSA) is 115 Å². The summed E-state index contributed by atoms with van der Waals surface area (Å²) in [6, 6.07) is 19.3. The zero-order valence-corrected chi connectivity index (χ0v) is 26.5. The van der Waals surface area contributed by atoms with Gasteiger partial charge in [0.2, 0.25) is 10.0 Å². The normalized spacial score (nSPS) is 18.3. The van der Waals surface area contributed by atoms with E-state index in [4.69, 9.17) is 4.74 Å². The Hall–Kier alpha value is -4.28. The molecule has 1 aromatic heterocycles. The van der Waals surface area contributed by atoms with E-state index in [-0.39, 0.29) is 30.5 Å². The fourth-order valence-electron chi connectivity index (χ4n) is 7.14. The van der Waals surface area contributed by atoms with Crippen molar-refractivity contribution in [2.24, 2.45) is 7.05 Å². The Morgan fingerprint density at radius 3 is 2.73 bits per heavy atom. The van der Waals surface area contributed by atoms with Crippen LogP contribution in [-0.4, -0.2) is 51.4 Å². The molecule has 1 aliphatic carbocycles. The summed E-state index contributed by atoms with van der Waals surface area (Å²) in [6.45, 7) is 4.39. The minimum absolute atomic E-state index is 0.0982. The number of aryl methyl sites for hydroxylation is 3. The Morgan fingerprint density at radius 1 is 1.11 bits per heavy atom. The lowest BCUT2D eigenvalue weighted by Gasteiger charge is -2.25. The predicted octanol–water partition coefficient (Wildman–Crippen LogP) is 5.89. The van der Waals surface area contributed by atoms with Gasteiger partial charge in [-0.25, -0.2) is 13.1 Å². The lowest BCUT2D eigenvalue weighted by atomic mass is 9.83. The van der Waals surface area contributed by atoms with Gasteiger partial charge in [0.05, 0.1) is 18.5 Å². The Balaban J connectivity index is 1.34. The van der Waals surface area contributed by atoms with Crippen molar-refractivity contribution in [3.05, 3.63) is 94.0 Å². The molecule has 5 aromatic rings. The van der Waals surface area contributed by atoms with Crippen molar-refractivity contribution in [1.82, 2.24) is 19.3 Å². The van der Waals surface area contributed by atoms with Gasteiger partial charge in [0.15, 0.2) is 0 Å². The van der Waals surface area contributed by atoms with Gasteiger partial charge in [0.1, 0.15) is 22.3 Å². The fourth-order valence-corrected chi connectivity index (χ4v) is 8.72. The van der Waals surface area contributed by atoms with E-state index in [0.29, 0.717) is 12.2 Å². The highest BCUT2D eigenvalue weighted by molar-refractivity contribution is 7.89. The number of aromatic nitrogens is 3. The second-order valence-corrected chi connectivity index (χ2v) is 14.1. The van der Waals surface area contributed by atoms with E-state index in [1.807, 2.05) is 69.4 Å². The molecule has 1 unspecified atom stereocenters. The summed E-state index contributed by atoms with van der Waals surface area (Å²) in [4.78, 5) is 12.4. The van der Waals surface area contributed by atoms with Gasteiger partial charge in [0.25, 0.3) is 0 Å². The average molecular weight is 625 g/mol. The van der Waals surface area contributed by atoms with Crippen LogP contribution in [0.1, 0.15) is 65.5 Å². The molecule has 0 saturated heterocycles. The lowest BCUT2D eigenvalue weighted by Crippen LogP contribution is -2.36. The minimum Gasteiger partial charge on any atom is -0.487 e. The van der Waals surface area contributed by atoms with Crippen molar-refractivity contribution in [1.29, 1.82) is 0 Å². The number of hydrogen-bond donors (Lipinski definition) is 1. The molecular formula is C35H36N4O5S. The van der Waals surface area contributed by atoms with Crippen LogP contribution in [0.2, 0.25) is 0 Å². The van der Waals surface area contributed by atoms with Crippen molar-refractivity contribution >= 4 is 37.8 Å². The summed E-state index contributed by atoms with van der Waals surface area (Å²) >= 11 is 0. The number of hydrogen-bond acceptors (Lipinski definition) is 6. The molecule has 9 nitrogen and oxygen atoms in total. The summed E-state index contributed by atoms with van der Waals surface area (Å²) in [5.74, 6) is -0.918. The van der Waals surface area contributed by atoms with Gasteiger partial charge in [-0.2, -0.15) is 4.31 Å². The summed E-state index contributed by atoms with van der Waals surface area (Å²) in [7, 11) is -2.07. The molecule has 45 heavy (non-hydrogen) atoms. The first kappa shape index (κ1) is 29.4. The van der Waals surface area contributed by atoms with E-state index in [2.05, 4.69) is 16.4 Å². The van der Waals surface area contributed by atoms with E-state index < -0.39 is 21.9 Å². The molecule has 2 heterocycles. The quantitative estimate of drug-likeness (QED) is 0.240. The lowest BCUT2D eigenvalue weighted by molar-refractivity contribution is -0.137. The second-order valence-electron chi connectivity index (χ2n) is 12.2. The van der Waals surface area contributed by atoms with E-state index in [1.165, 1.54) is 5.56 Å². The van der Waals surface area contributed by atoms with Gasteiger partial charge in [-0.3, -0.25) is 4.79 Å². The Kier molecular flexibility index (Phi) is 7.37. The molecule has 0 radical (unpaired) electrons. The van der Waals surface area contributed by atoms with E-state index >= 15 is 0 Å². The summed E-state index contributed by atoms with van der Waals surface area (Å²) in [5.41, 5.74) is 7.55. The average Bonchev–Trinajstić information content (AvgIpc) is 3.63. The number of carbonyl (C=O) groups is 1. The van der Waals surface area contributed by atoms with Crippen molar-refractivity contribution in [2.75, 3.05) is 6.54 Å². The van der Waals surface area contributed by atoms with Crippen LogP contribution in [0.4, 0.5) is 0 Å². The minimum atomic E-state index is -3.91.